The van der Waals surface area contributed by atoms with Crippen molar-refractivity contribution in [2.24, 2.45) is 5.73 Å². The Bertz CT molecular complexity index is 448. The minimum atomic E-state index is -4.81. The summed E-state index contributed by atoms with van der Waals surface area (Å²) < 4.78 is 53.2. The lowest BCUT2D eigenvalue weighted by Gasteiger charge is -2.15. The summed E-state index contributed by atoms with van der Waals surface area (Å²) in [7, 11) is 0. The Morgan fingerprint density at radius 3 is 2.47 bits per heavy atom. The van der Waals surface area contributed by atoms with Gasteiger partial charge in [-0.05, 0) is 31.5 Å². The molecule has 0 aliphatic rings. The second-order valence-corrected chi connectivity index (χ2v) is 4.00. The van der Waals surface area contributed by atoms with Gasteiger partial charge in [0.15, 0.2) is 0 Å². The van der Waals surface area contributed by atoms with Crippen LogP contribution in [0.4, 0.5) is 17.6 Å². The molecule has 1 rings (SSSR count). The predicted molar refractivity (Wildman–Crippen MR) is 66.7 cm³/mol. The van der Waals surface area contributed by atoms with E-state index < -0.39 is 24.0 Å². The number of halogens is 5. The van der Waals surface area contributed by atoms with Crippen LogP contribution in [0.5, 0.6) is 5.75 Å². The number of nitrogens with two attached hydrogens (primary N) is 1. The molecule has 0 aromatic heterocycles. The van der Waals surface area contributed by atoms with E-state index in [-0.39, 0.29) is 24.4 Å². The molecule has 0 saturated carbocycles. The Hall–Kier alpha value is -1.27. The molecule has 19 heavy (non-hydrogen) atoms. The van der Waals surface area contributed by atoms with Crippen LogP contribution in [0.1, 0.15) is 24.9 Å². The second kappa shape index (κ2) is 6.77. The predicted octanol–water partition coefficient (Wildman–Crippen LogP) is 4.11. The summed E-state index contributed by atoms with van der Waals surface area (Å²) >= 11 is 0. The molecule has 1 aromatic carbocycles. The van der Waals surface area contributed by atoms with Gasteiger partial charge in [-0.15, -0.1) is 32.2 Å². The van der Waals surface area contributed by atoms with E-state index in [1.165, 1.54) is 0 Å². The summed E-state index contributed by atoms with van der Waals surface area (Å²) in [5.74, 6) is -1.16. The molecule has 0 amide bonds. The third-order valence-electron chi connectivity index (χ3n) is 2.17. The van der Waals surface area contributed by atoms with Crippen molar-refractivity contribution in [3.05, 3.63) is 41.7 Å². The van der Waals surface area contributed by atoms with E-state index in [2.05, 4.69) is 11.3 Å². The molecule has 1 atom stereocenters. The average Bonchev–Trinajstić information content (AvgIpc) is 2.17. The highest BCUT2D eigenvalue weighted by Gasteiger charge is 2.31. The van der Waals surface area contributed by atoms with Crippen LogP contribution in [0, 0.1) is 5.82 Å². The van der Waals surface area contributed by atoms with Gasteiger partial charge in [0, 0.05) is 11.6 Å². The molecule has 2 nitrogen and oxygen atoms in total. The van der Waals surface area contributed by atoms with Crippen molar-refractivity contribution in [3.8, 4) is 5.75 Å². The van der Waals surface area contributed by atoms with Crippen molar-refractivity contribution < 1.29 is 22.3 Å². The molecule has 0 saturated heterocycles. The summed E-state index contributed by atoms with van der Waals surface area (Å²) in [6.07, 6.45) is -4.53. The zero-order valence-corrected chi connectivity index (χ0v) is 10.9. The standard InChI is InChI=1S/C12H13F4NO.ClH/c1-7(2)5-11(17)9-6-8(3-4-10(9)13)18-12(14,15)16;/h3-4,6,11H,1,5,17H2,2H3;1H/t11-;/m1./s1. The van der Waals surface area contributed by atoms with Crippen LogP contribution >= 0.6 is 12.4 Å². The SMILES string of the molecule is C=C(C)C[C@@H](N)c1cc(OC(F)(F)F)ccc1F.Cl. The quantitative estimate of drug-likeness (QED) is 0.671. The van der Waals surface area contributed by atoms with Crippen molar-refractivity contribution in [3.63, 3.8) is 0 Å². The molecular weight excluding hydrogens is 286 g/mol. The van der Waals surface area contributed by atoms with Gasteiger partial charge < -0.3 is 10.5 Å². The summed E-state index contributed by atoms with van der Waals surface area (Å²) in [4.78, 5) is 0. The number of hydrogen-bond donors (Lipinski definition) is 1. The fraction of sp³-hybridized carbons (Fsp3) is 0.333. The van der Waals surface area contributed by atoms with Gasteiger partial charge in [-0.3, -0.25) is 0 Å². The van der Waals surface area contributed by atoms with E-state index in [1.807, 2.05) is 0 Å². The van der Waals surface area contributed by atoms with Gasteiger partial charge in [-0.2, -0.15) is 0 Å². The molecule has 7 heteroatoms. The van der Waals surface area contributed by atoms with E-state index >= 15 is 0 Å². The van der Waals surface area contributed by atoms with E-state index in [0.717, 1.165) is 18.2 Å². The van der Waals surface area contributed by atoms with Crippen LogP contribution in [-0.2, 0) is 0 Å². The minimum Gasteiger partial charge on any atom is -0.406 e. The molecule has 0 bridgehead atoms. The zero-order chi connectivity index (χ0) is 13.9. The molecule has 0 aliphatic heterocycles. The number of hydrogen-bond acceptors (Lipinski definition) is 2. The second-order valence-electron chi connectivity index (χ2n) is 4.00. The largest absolute Gasteiger partial charge is 0.573 e. The summed E-state index contributed by atoms with van der Waals surface area (Å²) in [6, 6.07) is 2.00. The van der Waals surface area contributed by atoms with E-state index in [9.17, 15) is 17.6 Å². The Balaban J connectivity index is 0.00000324. The number of rotatable bonds is 4. The first-order chi connectivity index (χ1) is 8.19. The van der Waals surface area contributed by atoms with E-state index in [4.69, 9.17) is 5.73 Å². The Morgan fingerprint density at radius 2 is 2.00 bits per heavy atom. The molecule has 0 unspecified atom stereocenters. The fourth-order valence-electron chi connectivity index (χ4n) is 1.49. The van der Waals surface area contributed by atoms with E-state index in [1.54, 1.807) is 6.92 Å². The molecule has 0 spiro atoms. The van der Waals surface area contributed by atoms with E-state index in [0.29, 0.717) is 5.57 Å². The molecule has 0 aliphatic carbocycles. The van der Waals surface area contributed by atoms with Crippen LogP contribution in [-0.4, -0.2) is 6.36 Å². The van der Waals surface area contributed by atoms with Crippen LogP contribution in [0.2, 0.25) is 0 Å². The van der Waals surface area contributed by atoms with Crippen molar-refractivity contribution in [1.29, 1.82) is 0 Å². The van der Waals surface area contributed by atoms with Crippen molar-refractivity contribution in [1.82, 2.24) is 0 Å². The van der Waals surface area contributed by atoms with Gasteiger partial charge in [0.05, 0.1) is 0 Å². The Morgan fingerprint density at radius 1 is 1.42 bits per heavy atom. The first-order valence-electron chi connectivity index (χ1n) is 5.14. The number of alkyl halides is 3. The summed E-state index contributed by atoms with van der Waals surface area (Å²) in [6.45, 7) is 5.32. The lowest BCUT2D eigenvalue weighted by Crippen LogP contribution is -2.18. The van der Waals surface area contributed by atoms with Gasteiger partial charge in [0.25, 0.3) is 0 Å². The van der Waals surface area contributed by atoms with Crippen LogP contribution in [0.25, 0.3) is 0 Å². The highest BCUT2D eigenvalue weighted by molar-refractivity contribution is 5.85. The monoisotopic (exact) mass is 299 g/mol. The molecule has 1 aromatic rings. The van der Waals surface area contributed by atoms with Crippen molar-refractivity contribution in [2.45, 2.75) is 25.7 Å². The van der Waals surface area contributed by atoms with Gasteiger partial charge in [0.1, 0.15) is 11.6 Å². The molecule has 0 radical (unpaired) electrons. The first kappa shape index (κ1) is 17.7. The Labute approximate surface area is 114 Å². The smallest absolute Gasteiger partial charge is 0.406 e. The highest BCUT2D eigenvalue weighted by atomic mass is 35.5. The third-order valence-corrected chi connectivity index (χ3v) is 2.17. The molecular formula is C12H14ClF4NO. The fourth-order valence-corrected chi connectivity index (χ4v) is 1.49. The zero-order valence-electron chi connectivity index (χ0n) is 10.1. The molecule has 108 valence electrons. The van der Waals surface area contributed by atoms with Crippen LogP contribution in [0.15, 0.2) is 30.4 Å². The van der Waals surface area contributed by atoms with Gasteiger partial charge >= 0.3 is 6.36 Å². The van der Waals surface area contributed by atoms with Crippen molar-refractivity contribution in [2.75, 3.05) is 0 Å². The first-order valence-corrected chi connectivity index (χ1v) is 5.14. The summed E-state index contributed by atoms with van der Waals surface area (Å²) in [5, 5.41) is 0. The maximum absolute atomic E-state index is 13.5. The highest BCUT2D eigenvalue weighted by Crippen LogP contribution is 2.28. The number of benzene rings is 1. The van der Waals surface area contributed by atoms with Gasteiger partial charge in [-0.1, -0.05) is 5.57 Å². The van der Waals surface area contributed by atoms with Crippen LogP contribution in [0.3, 0.4) is 0 Å². The molecule has 2 N–H and O–H groups in total. The van der Waals surface area contributed by atoms with Crippen LogP contribution < -0.4 is 10.5 Å². The van der Waals surface area contributed by atoms with Gasteiger partial charge in [-0.25, -0.2) is 4.39 Å². The molecule has 0 fully saturated rings. The Kier molecular flexibility index (Phi) is 6.32. The number of ether oxygens (including phenoxy) is 1. The average molecular weight is 300 g/mol. The normalized spacial score (nSPS) is 12.5. The maximum atomic E-state index is 13.5. The van der Waals surface area contributed by atoms with Gasteiger partial charge in [0.2, 0.25) is 0 Å². The summed E-state index contributed by atoms with van der Waals surface area (Å²) in [5.41, 5.74) is 6.38. The third kappa shape index (κ3) is 5.94. The molecule has 0 heterocycles. The lowest BCUT2D eigenvalue weighted by molar-refractivity contribution is -0.274. The van der Waals surface area contributed by atoms with Crippen molar-refractivity contribution >= 4 is 12.4 Å². The topological polar surface area (TPSA) is 35.2 Å². The maximum Gasteiger partial charge on any atom is 0.573 e. The minimum absolute atomic E-state index is 0. The lowest BCUT2D eigenvalue weighted by atomic mass is 10.0.